The molecular weight excluding hydrogens is 404 g/mol. The highest BCUT2D eigenvalue weighted by molar-refractivity contribution is 5.65. The zero-order valence-electron chi connectivity index (χ0n) is 14.3. The average Bonchev–Trinajstić information content (AvgIpc) is 3.23. The number of fused-ring (bicyclic) bond motifs is 3. The minimum absolute atomic E-state index is 0.0247. The van der Waals surface area contributed by atoms with Crippen LogP contribution in [0.25, 0.3) is 11.3 Å². The van der Waals surface area contributed by atoms with Crippen LogP contribution in [0.15, 0.2) is 24.5 Å². The molecule has 0 amide bonds. The highest BCUT2D eigenvalue weighted by Gasteiger charge is 2.37. The predicted molar refractivity (Wildman–Crippen MR) is 86.2 cm³/mol. The van der Waals surface area contributed by atoms with E-state index in [1.165, 1.54) is 10.6 Å². The van der Waals surface area contributed by atoms with E-state index in [9.17, 15) is 26.3 Å². The molecule has 4 rings (SSSR count). The van der Waals surface area contributed by atoms with Gasteiger partial charge in [0, 0.05) is 30.9 Å². The molecule has 152 valence electrons. The lowest BCUT2D eigenvalue weighted by molar-refractivity contribution is -0.145. The van der Waals surface area contributed by atoms with Gasteiger partial charge in [0.25, 0.3) is 0 Å². The summed E-state index contributed by atoms with van der Waals surface area (Å²) < 4.78 is 81.1. The van der Waals surface area contributed by atoms with E-state index in [4.69, 9.17) is 5.73 Å². The summed E-state index contributed by atoms with van der Waals surface area (Å²) in [4.78, 5) is 0. The smallest absolute Gasteiger partial charge is 0.327 e. The van der Waals surface area contributed by atoms with E-state index in [1.807, 2.05) is 0 Å². The Morgan fingerprint density at radius 2 is 1.45 bits per heavy atom. The first-order chi connectivity index (χ1) is 13.6. The molecule has 0 saturated carbocycles. The lowest BCUT2D eigenvalue weighted by Gasteiger charge is -2.12. The maximum atomic E-state index is 13.8. The summed E-state index contributed by atoms with van der Waals surface area (Å²) in [6, 6.07) is 0.413. The molecule has 0 spiro atoms. The molecule has 1 aromatic carbocycles. The fourth-order valence-corrected chi connectivity index (χ4v) is 2.99. The number of aromatic nitrogens is 6. The van der Waals surface area contributed by atoms with Gasteiger partial charge in [-0.1, -0.05) is 0 Å². The topological polar surface area (TPSA) is 86.4 Å². The molecule has 2 N–H and O–H groups in total. The van der Waals surface area contributed by atoms with Gasteiger partial charge in [-0.3, -0.25) is 8.80 Å². The molecule has 0 fully saturated rings. The van der Waals surface area contributed by atoms with Crippen molar-refractivity contribution in [2.24, 2.45) is 5.73 Å². The van der Waals surface area contributed by atoms with Gasteiger partial charge in [0.05, 0.1) is 0 Å². The van der Waals surface area contributed by atoms with E-state index >= 15 is 0 Å². The fourth-order valence-electron chi connectivity index (χ4n) is 2.99. The zero-order valence-corrected chi connectivity index (χ0v) is 14.3. The highest BCUT2D eigenvalue weighted by atomic mass is 19.4. The molecule has 4 aromatic rings. The Morgan fingerprint density at radius 1 is 0.828 bits per heavy atom. The summed E-state index contributed by atoms with van der Waals surface area (Å²) in [5.41, 5.74) is 5.73. The number of hydrogen-bond donors (Lipinski definition) is 1. The van der Waals surface area contributed by atoms with Gasteiger partial charge in [0.15, 0.2) is 11.6 Å². The minimum atomic E-state index is -4.70. The van der Waals surface area contributed by atoms with Crippen molar-refractivity contribution in [2.75, 3.05) is 0 Å². The molecular formula is C16H11F6N7. The Balaban J connectivity index is 1.63. The molecule has 3 heterocycles. The van der Waals surface area contributed by atoms with E-state index in [2.05, 4.69) is 20.4 Å². The third kappa shape index (κ3) is 3.37. The van der Waals surface area contributed by atoms with Gasteiger partial charge in [-0.05, 0) is 18.1 Å². The fraction of sp³-hybridized carbons (Fsp3) is 0.250. The summed E-state index contributed by atoms with van der Waals surface area (Å²) in [5.74, 6) is -4.37. The second kappa shape index (κ2) is 6.69. The maximum absolute atomic E-state index is 13.8. The second-order valence-corrected chi connectivity index (χ2v) is 6.35. The van der Waals surface area contributed by atoms with E-state index in [0.717, 1.165) is 16.7 Å². The summed E-state index contributed by atoms with van der Waals surface area (Å²) in [6.07, 6.45) is -2.38. The van der Waals surface area contributed by atoms with Gasteiger partial charge < -0.3 is 5.73 Å². The molecule has 13 heteroatoms. The minimum Gasteiger partial charge on any atom is -0.327 e. The molecule has 3 aromatic heterocycles. The van der Waals surface area contributed by atoms with Crippen LogP contribution in [-0.2, 0) is 19.0 Å². The van der Waals surface area contributed by atoms with Crippen LogP contribution in [0, 0.1) is 17.5 Å². The number of benzene rings is 1. The van der Waals surface area contributed by atoms with E-state index in [0.29, 0.717) is 6.07 Å². The van der Waals surface area contributed by atoms with Crippen LogP contribution in [0.1, 0.15) is 17.2 Å². The highest BCUT2D eigenvalue weighted by Crippen LogP contribution is 2.28. The van der Waals surface area contributed by atoms with Crippen LogP contribution in [0.2, 0.25) is 0 Å². The monoisotopic (exact) mass is 415 g/mol. The van der Waals surface area contributed by atoms with Gasteiger partial charge in [0.2, 0.25) is 17.1 Å². The quantitative estimate of drug-likeness (QED) is 0.409. The van der Waals surface area contributed by atoms with Crippen molar-refractivity contribution in [2.45, 2.75) is 25.1 Å². The third-order valence-corrected chi connectivity index (χ3v) is 4.30. The third-order valence-electron chi connectivity index (χ3n) is 4.30. The predicted octanol–water partition coefficient (Wildman–Crippen LogP) is 2.32. The van der Waals surface area contributed by atoms with Gasteiger partial charge in [-0.15, -0.1) is 20.4 Å². The summed E-state index contributed by atoms with van der Waals surface area (Å²) in [7, 11) is 0. The van der Waals surface area contributed by atoms with Crippen molar-refractivity contribution < 1.29 is 26.3 Å². The Kier molecular flexibility index (Phi) is 4.41. The molecule has 7 nitrogen and oxygen atoms in total. The van der Waals surface area contributed by atoms with Crippen molar-refractivity contribution in [1.29, 1.82) is 0 Å². The second-order valence-electron chi connectivity index (χ2n) is 6.35. The summed E-state index contributed by atoms with van der Waals surface area (Å²) in [6.45, 7) is 0. The van der Waals surface area contributed by atoms with Crippen molar-refractivity contribution in [3.8, 4) is 0 Å². The normalized spacial score (nSPS) is 13.5. The standard InChI is InChI=1S/C16H11F6N7/c17-9-6-11(19)10(18)4-7(9)3-8(23)5-12-24-25-13-14-26-27-15(16(20,21)22)29(14)2-1-28(12)13/h1-2,4,6,8H,3,5,23H2/t8-/m1/s1. The number of hydrogen-bond acceptors (Lipinski definition) is 5. The first kappa shape index (κ1) is 19.1. The van der Waals surface area contributed by atoms with Gasteiger partial charge in [-0.25, -0.2) is 13.2 Å². The molecule has 1 atom stereocenters. The largest absolute Gasteiger partial charge is 0.452 e. The van der Waals surface area contributed by atoms with Crippen molar-refractivity contribution in [3.63, 3.8) is 0 Å². The lowest BCUT2D eigenvalue weighted by Crippen LogP contribution is -2.27. The Morgan fingerprint density at radius 3 is 2.17 bits per heavy atom. The van der Waals surface area contributed by atoms with Crippen molar-refractivity contribution in [1.82, 2.24) is 29.2 Å². The zero-order chi connectivity index (χ0) is 20.9. The van der Waals surface area contributed by atoms with E-state index in [-0.39, 0.29) is 35.5 Å². The van der Waals surface area contributed by atoms with Gasteiger partial charge >= 0.3 is 6.18 Å². The molecule has 0 radical (unpaired) electrons. The number of nitrogens with two attached hydrogens (primary N) is 1. The molecule has 0 saturated heterocycles. The van der Waals surface area contributed by atoms with E-state index < -0.39 is 35.5 Å². The molecule has 0 unspecified atom stereocenters. The van der Waals surface area contributed by atoms with Crippen LogP contribution in [0.5, 0.6) is 0 Å². The van der Waals surface area contributed by atoms with Gasteiger partial charge in [0.1, 0.15) is 11.6 Å². The van der Waals surface area contributed by atoms with E-state index in [1.54, 1.807) is 0 Å². The molecule has 0 bridgehead atoms. The number of alkyl halides is 3. The summed E-state index contributed by atoms with van der Waals surface area (Å²) >= 11 is 0. The lowest BCUT2D eigenvalue weighted by atomic mass is 10.0. The van der Waals surface area contributed by atoms with Crippen LogP contribution in [0.4, 0.5) is 26.3 Å². The Labute approximate surface area is 157 Å². The molecule has 29 heavy (non-hydrogen) atoms. The van der Waals surface area contributed by atoms with Crippen LogP contribution in [0.3, 0.4) is 0 Å². The average molecular weight is 415 g/mol. The SMILES string of the molecule is N[C@H](Cc1cc(F)c(F)cc1F)Cc1nnc2c3nnc(C(F)(F)F)n3ccn12. The van der Waals surface area contributed by atoms with Crippen LogP contribution < -0.4 is 5.73 Å². The van der Waals surface area contributed by atoms with Gasteiger partial charge in [-0.2, -0.15) is 13.2 Å². The van der Waals surface area contributed by atoms with Crippen molar-refractivity contribution in [3.05, 3.63) is 59.2 Å². The number of halogens is 6. The summed E-state index contributed by atoms with van der Waals surface area (Å²) in [5, 5.41) is 14.4. The van der Waals surface area contributed by atoms with Crippen LogP contribution in [-0.4, -0.2) is 35.2 Å². The number of rotatable bonds is 4. The van der Waals surface area contributed by atoms with Crippen molar-refractivity contribution >= 4 is 11.3 Å². The number of nitrogens with zero attached hydrogens (tertiary/aromatic N) is 6. The molecule has 0 aliphatic heterocycles. The maximum Gasteiger partial charge on any atom is 0.452 e. The first-order valence-corrected chi connectivity index (χ1v) is 8.18. The Bertz CT molecular complexity index is 1210. The molecule has 0 aliphatic rings. The van der Waals surface area contributed by atoms with Crippen LogP contribution >= 0.6 is 0 Å². The molecule has 0 aliphatic carbocycles. The first-order valence-electron chi connectivity index (χ1n) is 8.18. The Hall–Kier alpha value is -3.22.